The number of furan rings is 1. The Balaban J connectivity index is 2.06. The molecule has 1 aromatic carbocycles. The molecule has 0 fully saturated rings. The number of urea groups is 1. The molecule has 1 heterocycles. The normalized spacial score (nSPS) is 11.8. The second-order valence-electron chi connectivity index (χ2n) is 5.25. The van der Waals surface area contributed by atoms with E-state index in [1.165, 1.54) is 12.1 Å². The summed E-state index contributed by atoms with van der Waals surface area (Å²) in [4.78, 5) is 23.1. The predicted octanol–water partition coefficient (Wildman–Crippen LogP) is 3.02. The summed E-state index contributed by atoms with van der Waals surface area (Å²) >= 11 is 0. The Morgan fingerprint density at radius 2 is 1.96 bits per heavy atom. The Bertz CT molecular complexity index is 755. The molecule has 0 aliphatic carbocycles. The molecule has 23 heavy (non-hydrogen) atoms. The lowest BCUT2D eigenvalue weighted by Gasteiger charge is -2.14. The minimum absolute atomic E-state index is 0.269. The van der Waals surface area contributed by atoms with Gasteiger partial charge in [0.2, 0.25) is 0 Å². The first-order chi connectivity index (χ1) is 10.8. The highest BCUT2D eigenvalue weighted by Crippen LogP contribution is 2.21. The second-order valence-corrected chi connectivity index (χ2v) is 5.25. The van der Waals surface area contributed by atoms with Crippen LogP contribution in [0.3, 0.4) is 0 Å². The van der Waals surface area contributed by atoms with Crippen molar-refractivity contribution < 1.29 is 18.4 Å². The molecule has 0 aliphatic rings. The van der Waals surface area contributed by atoms with Crippen molar-refractivity contribution in [2.75, 3.05) is 5.32 Å². The van der Waals surface area contributed by atoms with Crippen molar-refractivity contribution in [2.24, 2.45) is 5.73 Å². The van der Waals surface area contributed by atoms with Crippen LogP contribution in [0.25, 0.3) is 0 Å². The third-order valence-corrected chi connectivity index (χ3v) is 3.38. The van der Waals surface area contributed by atoms with Crippen molar-refractivity contribution in [3.05, 3.63) is 52.7 Å². The van der Waals surface area contributed by atoms with Gasteiger partial charge in [-0.05, 0) is 45.0 Å². The second kappa shape index (κ2) is 6.51. The SMILES string of the molecule is Cc1cc(C(C)NC(=O)Nc2ccc(F)c(C(N)=O)c2)c(C)o1. The number of hydrogen-bond donors (Lipinski definition) is 3. The van der Waals surface area contributed by atoms with E-state index in [4.69, 9.17) is 10.2 Å². The minimum Gasteiger partial charge on any atom is -0.466 e. The lowest BCUT2D eigenvalue weighted by Crippen LogP contribution is -2.31. The molecule has 122 valence electrons. The van der Waals surface area contributed by atoms with E-state index in [2.05, 4.69) is 10.6 Å². The molecule has 7 heteroatoms. The van der Waals surface area contributed by atoms with Crippen molar-refractivity contribution in [1.29, 1.82) is 0 Å². The molecule has 0 bridgehead atoms. The largest absolute Gasteiger partial charge is 0.466 e. The number of carbonyl (C=O) groups excluding carboxylic acids is 2. The van der Waals surface area contributed by atoms with Gasteiger partial charge in [-0.25, -0.2) is 9.18 Å². The van der Waals surface area contributed by atoms with Crippen LogP contribution in [0.4, 0.5) is 14.9 Å². The number of halogens is 1. The highest BCUT2D eigenvalue weighted by Gasteiger charge is 2.16. The Labute approximate surface area is 132 Å². The molecule has 4 N–H and O–H groups in total. The number of benzene rings is 1. The molecule has 3 amide bonds. The molecule has 0 saturated heterocycles. The first-order valence-corrected chi connectivity index (χ1v) is 7.01. The van der Waals surface area contributed by atoms with Gasteiger partial charge in [0.15, 0.2) is 0 Å². The van der Waals surface area contributed by atoms with Crippen molar-refractivity contribution in [2.45, 2.75) is 26.8 Å². The summed E-state index contributed by atoms with van der Waals surface area (Å²) in [6, 6.07) is 4.70. The summed E-state index contributed by atoms with van der Waals surface area (Å²) < 4.78 is 18.8. The molecule has 1 unspecified atom stereocenters. The van der Waals surface area contributed by atoms with Gasteiger partial charge < -0.3 is 20.8 Å². The van der Waals surface area contributed by atoms with Crippen LogP contribution >= 0.6 is 0 Å². The zero-order valence-corrected chi connectivity index (χ0v) is 13.1. The molecule has 0 spiro atoms. The van der Waals surface area contributed by atoms with E-state index in [-0.39, 0.29) is 17.3 Å². The quantitative estimate of drug-likeness (QED) is 0.808. The van der Waals surface area contributed by atoms with Crippen molar-refractivity contribution in [3.8, 4) is 0 Å². The van der Waals surface area contributed by atoms with Gasteiger partial charge in [0, 0.05) is 11.3 Å². The minimum atomic E-state index is -0.899. The zero-order valence-electron chi connectivity index (χ0n) is 13.1. The van der Waals surface area contributed by atoms with E-state index in [0.717, 1.165) is 23.2 Å². The zero-order chi connectivity index (χ0) is 17.1. The van der Waals surface area contributed by atoms with E-state index in [9.17, 15) is 14.0 Å². The lowest BCUT2D eigenvalue weighted by atomic mass is 10.1. The number of amides is 3. The number of nitrogens with two attached hydrogens (primary N) is 1. The van der Waals surface area contributed by atoms with Gasteiger partial charge in [0.25, 0.3) is 5.91 Å². The Kier molecular flexibility index (Phi) is 4.68. The average Bonchev–Trinajstić information content (AvgIpc) is 2.79. The van der Waals surface area contributed by atoms with Gasteiger partial charge >= 0.3 is 6.03 Å². The van der Waals surface area contributed by atoms with Crippen LogP contribution in [-0.4, -0.2) is 11.9 Å². The number of aryl methyl sites for hydroxylation is 2. The Morgan fingerprint density at radius 1 is 1.26 bits per heavy atom. The van der Waals surface area contributed by atoms with E-state index >= 15 is 0 Å². The fraction of sp³-hybridized carbons (Fsp3) is 0.250. The number of rotatable bonds is 4. The highest BCUT2D eigenvalue weighted by atomic mass is 19.1. The van der Waals surface area contributed by atoms with Gasteiger partial charge in [0.1, 0.15) is 17.3 Å². The molecule has 1 aromatic heterocycles. The summed E-state index contributed by atoms with van der Waals surface area (Å²) in [5.41, 5.74) is 5.93. The van der Waals surface area contributed by atoms with Crippen molar-refractivity contribution in [3.63, 3.8) is 0 Å². The third kappa shape index (κ3) is 3.88. The fourth-order valence-electron chi connectivity index (χ4n) is 2.31. The van der Waals surface area contributed by atoms with E-state index in [0.29, 0.717) is 0 Å². The summed E-state index contributed by atoms with van der Waals surface area (Å²) in [6.45, 7) is 5.46. The van der Waals surface area contributed by atoms with Crippen LogP contribution < -0.4 is 16.4 Å². The van der Waals surface area contributed by atoms with Crippen LogP contribution in [0, 0.1) is 19.7 Å². The van der Waals surface area contributed by atoms with Crippen LogP contribution in [0.2, 0.25) is 0 Å². The van der Waals surface area contributed by atoms with Crippen LogP contribution in [-0.2, 0) is 0 Å². The predicted molar refractivity (Wildman–Crippen MR) is 83.7 cm³/mol. The first kappa shape index (κ1) is 16.5. The molecule has 0 saturated carbocycles. The number of primary amides is 1. The maximum atomic E-state index is 13.4. The van der Waals surface area contributed by atoms with Gasteiger partial charge in [-0.3, -0.25) is 4.79 Å². The lowest BCUT2D eigenvalue weighted by molar-refractivity contribution is 0.0996. The summed E-state index contributed by atoms with van der Waals surface area (Å²) in [5.74, 6) is -0.143. The first-order valence-electron chi connectivity index (χ1n) is 7.01. The molecular formula is C16H18FN3O3. The van der Waals surface area contributed by atoms with Gasteiger partial charge in [0.05, 0.1) is 11.6 Å². The van der Waals surface area contributed by atoms with E-state index < -0.39 is 17.8 Å². The van der Waals surface area contributed by atoms with Gasteiger partial charge in [-0.15, -0.1) is 0 Å². The number of anilines is 1. The van der Waals surface area contributed by atoms with Crippen molar-refractivity contribution >= 4 is 17.6 Å². The summed E-state index contributed by atoms with van der Waals surface area (Å²) in [7, 11) is 0. The Morgan fingerprint density at radius 3 is 2.52 bits per heavy atom. The average molecular weight is 319 g/mol. The number of hydrogen-bond acceptors (Lipinski definition) is 3. The molecule has 6 nitrogen and oxygen atoms in total. The summed E-state index contributed by atoms with van der Waals surface area (Å²) in [6.07, 6.45) is 0. The molecule has 0 radical (unpaired) electrons. The third-order valence-electron chi connectivity index (χ3n) is 3.38. The van der Waals surface area contributed by atoms with Gasteiger partial charge in [-0.1, -0.05) is 0 Å². The number of carbonyl (C=O) groups is 2. The molecule has 2 rings (SSSR count). The smallest absolute Gasteiger partial charge is 0.319 e. The van der Waals surface area contributed by atoms with Crippen LogP contribution in [0.5, 0.6) is 0 Å². The molecular weight excluding hydrogens is 301 g/mol. The fourth-order valence-corrected chi connectivity index (χ4v) is 2.31. The number of nitrogens with one attached hydrogen (secondary N) is 2. The highest BCUT2D eigenvalue weighted by molar-refractivity contribution is 5.96. The van der Waals surface area contributed by atoms with Gasteiger partial charge in [-0.2, -0.15) is 0 Å². The maximum absolute atomic E-state index is 13.4. The van der Waals surface area contributed by atoms with Crippen molar-refractivity contribution in [1.82, 2.24) is 5.32 Å². The standard InChI is InChI=1S/C16H18FN3O3/c1-8-6-12(10(3)23-8)9(2)19-16(22)20-11-4-5-14(17)13(7-11)15(18)21/h4-7,9H,1-3H3,(H2,18,21)(H2,19,20,22). The molecule has 0 aliphatic heterocycles. The molecule has 2 aromatic rings. The molecule has 1 atom stereocenters. The van der Waals surface area contributed by atoms with E-state index in [1.54, 1.807) is 0 Å². The topological polar surface area (TPSA) is 97.4 Å². The monoisotopic (exact) mass is 319 g/mol. The Hall–Kier alpha value is -2.83. The van der Waals surface area contributed by atoms with E-state index in [1.807, 2.05) is 26.8 Å². The summed E-state index contributed by atoms with van der Waals surface area (Å²) in [5, 5.41) is 5.28. The maximum Gasteiger partial charge on any atom is 0.319 e. The van der Waals surface area contributed by atoms with Crippen LogP contribution in [0.15, 0.2) is 28.7 Å². The van der Waals surface area contributed by atoms with Crippen LogP contribution in [0.1, 0.15) is 40.4 Å².